The van der Waals surface area contributed by atoms with Gasteiger partial charge in [-0.2, -0.15) is 0 Å². The van der Waals surface area contributed by atoms with Crippen molar-refractivity contribution in [3.63, 3.8) is 0 Å². The molecule has 0 fully saturated rings. The molecule has 0 radical (unpaired) electrons. The van der Waals surface area contributed by atoms with Crippen molar-refractivity contribution in [1.82, 2.24) is 9.97 Å². The van der Waals surface area contributed by atoms with Gasteiger partial charge in [0.05, 0.1) is 5.69 Å². The topological polar surface area (TPSA) is 25.8 Å². The molecule has 0 amide bonds. The maximum atomic E-state index is 5.51. The van der Waals surface area contributed by atoms with Crippen LogP contribution in [0.4, 0.5) is 0 Å². The molecule has 1 aliphatic rings. The summed E-state index contributed by atoms with van der Waals surface area (Å²) in [5.41, 5.74) is 10.4. The molecule has 0 atom stereocenters. The Kier molecular flexibility index (Phi) is 6.31. The highest BCUT2D eigenvalue weighted by Gasteiger charge is 2.43. The number of fused-ring (bicyclic) bond motifs is 6. The van der Waals surface area contributed by atoms with Crippen LogP contribution >= 0.6 is 0 Å². The molecule has 0 saturated carbocycles. The van der Waals surface area contributed by atoms with Crippen LogP contribution in [0.25, 0.3) is 77.6 Å². The fourth-order valence-corrected chi connectivity index (χ4v) is 10.8. The molecule has 8 aromatic rings. The van der Waals surface area contributed by atoms with E-state index < -0.39 is 8.07 Å². The second-order valence-electron chi connectivity index (χ2n) is 13.0. The van der Waals surface area contributed by atoms with E-state index in [-0.39, 0.29) is 0 Å². The molecule has 1 aromatic heterocycles. The van der Waals surface area contributed by atoms with E-state index in [0.29, 0.717) is 0 Å². The summed E-state index contributed by atoms with van der Waals surface area (Å²) >= 11 is 0. The minimum absolute atomic E-state index is 0.783. The van der Waals surface area contributed by atoms with Gasteiger partial charge in [-0.3, -0.25) is 0 Å². The minimum Gasteiger partial charge on any atom is -0.237 e. The molecule has 0 spiro atoms. The molecule has 2 heterocycles. The van der Waals surface area contributed by atoms with Crippen LogP contribution in [0.3, 0.4) is 0 Å². The highest BCUT2D eigenvalue weighted by molar-refractivity contribution is 7.04. The Hall–Kier alpha value is -5.64. The van der Waals surface area contributed by atoms with Gasteiger partial charge in [0.25, 0.3) is 0 Å². The molecule has 1 aliphatic heterocycles. The summed E-state index contributed by atoms with van der Waals surface area (Å²) in [6.07, 6.45) is 0. The Bertz CT molecular complexity index is 2490. The fraction of sp³-hybridized carbons (Fsp3) is 0.0455. The molecule has 0 aliphatic carbocycles. The molecule has 0 unspecified atom stereocenters. The van der Waals surface area contributed by atoms with E-state index in [0.717, 1.165) is 28.2 Å². The van der Waals surface area contributed by atoms with Gasteiger partial charge < -0.3 is 0 Å². The number of nitrogens with zero attached hydrogens (tertiary/aromatic N) is 2. The van der Waals surface area contributed by atoms with Gasteiger partial charge in [0, 0.05) is 22.0 Å². The first-order chi connectivity index (χ1) is 23.1. The van der Waals surface area contributed by atoms with Crippen molar-refractivity contribution >= 4 is 40.1 Å². The Balaban J connectivity index is 1.28. The van der Waals surface area contributed by atoms with Crippen molar-refractivity contribution in [3.05, 3.63) is 158 Å². The SMILES string of the molecule is C[Si]1(C)c2nc(-c3cccc(-c4cccc(-c5ccccc5)c4)c3)nc(-c3cccc4ccccc34)c2-c2ccc3ccccc3c21. The van der Waals surface area contributed by atoms with Crippen LogP contribution in [0, 0.1) is 0 Å². The van der Waals surface area contributed by atoms with Crippen LogP contribution in [0.1, 0.15) is 0 Å². The van der Waals surface area contributed by atoms with Crippen LogP contribution in [-0.2, 0) is 0 Å². The molecule has 2 nitrogen and oxygen atoms in total. The number of hydrogen-bond acceptors (Lipinski definition) is 2. The smallest absolute Gasteiger partial charge is 0.159 e. The predicted molar refractivity (Wildman–Crippen MR) is 201 cm³/mol. The zero-order valence-corrected chi connectivity index (χ0v) is 27.4. The lowest BCUT2D eigenvalue weighted by Gasteiger charge is -2.20. The van der Waals surface area contributed by atoms with Gasteiger partial charge in [0.15, 0.2) is 5.82 Å². The summed E-state index contributed by atoms with van der Waals surface area (Å²) in [5.74, 6) is 0.783. The Morgan fingerprint density at radius 3 is 1.74 bits per heavy atom. The van der Waals surface area contributed by atoms with Crippen molar-refractivity contribution in [2.24, 2.45) is 0 Å². The van der Waals surface area contributed by atoms with Crippen LogP contribution in [0.5, 0.6) is 0 Å². The largest absolute Gasteiger partial charge is 0.237 e. The molecule has 3 heteroatoms. The van der Waals surface area contributed by atoms with Gasteiger partial charge in [-0.25, -0.2) is 9.97 Å². The van der Waals surface area contributed by atoms with E-state index in [1.165, 1.54) is 59.9 Å². The van der Waals surface area contributed by atoms with Gasteiger partial charge in [0.1, 0.15) is 8.07 Å². The maximum absolute atomic E-state index is 5.51. The Morgan fingerprint density at radius 2 is 0.979 bits per heavy atom. The summed E-state index contributed by atoms with van der Waals surface area (Å²) in [5, 5.41) is 7.73. The minimum atomic E-state index is -2.22. The lowest BCUT2D eigenvalue weighted by molar-refractivity contribution is 1.21. The van der Waals surface area contributed by atoms with E-state index in [1.807, 2.05) is 0 Å². The van der Waals surface area contributed by atoms with Crippen molar-refractivity contribution in [1.29, 1.82) is 0 Å². The van der Waals surface area contributed by atoms with Crippen LogP contribution in [0.2, 0.25) is 13.1 Å². The summed E-state index contributed by atoms with van der Waals surface area (Å²) < 4.78 is 0. The molecule has 0 saturated heterocycles. The molecular formula is C44H32N2Si. The monoisotopic (exact) mass is 616 g/mol. The lowest BCUT2D eigenvalue weighted by atomic mass is 9.94. The highest BCUT2D eigenvalue weighted by Crippen LogP contribution is 2.40. The third-order valence-electron chi connectivity index (χ3n) is 9.79. The average molecular weight is 617 g/mol. The van der Waals surface area contributed by atoms with E-state index in [2.05, 4.69) is 171 Å². The number of aromatic nitrogens is 2. The zero-order chi connectivity index (χ0) is 31.5. The Morgan fingerprint density at radius 1 is 0.426 bits per heavy atom. The standard InChI is InChI=1S/C44H32N2Si/c1-47(2)42-37-23-9-7-16-31(37)25-26-39(42)40-41(38-24-12-17-30-15-6-8-22-36(30)38)45-43(46-44(40)47)35-21-11-20-34(28-35)33-19-10-18-32(27-33)29-13-4-3-5-14-29/h3-28H,1-2H3. The van der Waals surface area contributed by atoms with Gasteiger partial charge in [-0.15, -0.1) is 0 Å². The maximum Gasteiger partial charge on any atom is 0.159 e. The van der Waals surface area contributed by atoms with Crippen LogP contribution in [-0.4, -0.2) is 18.0 Å². The summed E-state index contributed by atoms with van der Waals surface area (Å²) in [7, 11) is -2.22. The predicted octanol–water partition coefficient (Wildman–Crippen LogP) is 10.3. The summed E-state index contributed by atoms with van der Waals surface area (Å²) in [4.78, 5) is 11.0. The van der Waals surface area contributed by atoms with E-state index in [1.54, 1.807) is 0 Å². The van der Waals surface area contributed by atoms with E-state index >= 15 is 0 Å². The number of rotatable bonds is 4. The first-order valence-corrected chi connectivity index (χ1v) is 19.3. The first kappa shape index (κ1) is 27.6. The molecule has 7 aromatic carbocycles. The quantitative estimate of drug-likeness (QED) is 0.184. The lowest BCUT2D eigenvalue weighted by Crippen LogP contribution is -2.51. The zero-order valence-electron chi connectivity index (χ0n) is 26.4. The van der Waals surface area contributed by atoms with Gasteiger partial charge in [-0.1, -0.05) is 159 Å². The average Bonchev–Trinajstić information content (AvgIpc) is 3.37. The van der Waals surface area contributed by atoms with Gasteiger partial charge in [-0.05, 0) is 66.7 Å². The molecule has 222 valence electrons. The Labute approximate surface area is 276 Å². The molecule has 9 rings (SSSR count). The van der Waals surface area contributed by atoms with E-state index in [4.69, 9.17) is 9.97 Å². The normalized spacial score (nSPS) is 13.1. The molecular weight excluding hydrogens is 585 g/mol. The van der Waals surface area contributed by atoms with Crippen LogP contribution in [0.15, 0.2) is 158 Å². The second-order valence-corrected chi connectivity index (χ2v) is 17.2. The molecule has 47 heavy (non-hydrogen) atoms. The van der Waals surface area contributed by atoms with E-state index in [9.17, 15) is 0 Å². The third kappa shape index (κ3) is 4.46. The number of hydrogen-bond donors (Lipinski definition) is 0. The summed E-state index contributed by atoms with van der Waals surface area (Å²) in [6, 6.07) is 56.7. The molecule has 0 N–H and O–H groups in total. The molecule has 0 bridgehead atoms. The van der Waals surface area contributed by atoms with Crippen molar-refractivity contribution < 1.29 is 0 Å². The van der Waals surface area contributed by atoms with Crippen molar-refractivity contribution in [3.8, 4) is 56.0 Å². The van der Waals surface area contributed by atoms with Crippen LogP contribution < -0.4 is 10.5 Å². The highest BCUT2D eigenvalue weighted by atomic mass is 28.3. The first-order valence-electron chi connectivity index (χ1n) is 16.3. The third-order valence-corrected chi connectivity index (χ3v) is 13.1. The summed E-state index contributed by atoms with van der Waals surface area (Å²) in [6.45, 7) is 4.92. The number of benzene rings is 7. The van der Waals surface area contributed by atoms with Gasteiger partial charge >= 0.3 is 0 Å². The van der Waals surface area contributed by atoms with Gasteiger partial charge in [0.2, 0.25) is 0 Å². The van der Waals surface area contributed by atoms with Crippen molar-refractivity contribution in [2.75, 3.05) is 0 Å². The fourth-order valence-electron chi connectivity index (χ4n) is 7.54. The van der Waals surface area contributed by atoms with Crippen molar-refractivity contribution in [2.45, 2.75) is 13.1 Å². The second kappa shape index (κ2) is 10.7.